The minimum atomic E-state index is -0.729. The van der Waals surface area contributed by atoms with Crippen LogP contribution in [-0.2, 0) is 38.0 Å². The molecule has 4 rings (SSSR count). The molecule has 0 radical (unpaired) electrons. The Hall–Kier alpha value is -3.48. The van der Waals surface area contributed by atoms with Crippen molar-refractivity contribution in [3.05, 3.63) is 20.9 Å². The second-order valence-corrected chi connectivity index (χ2v) is 16.4. The van der Waals surface area contributed by atoms with Crippen molar-refractivity contribution >= 4 is 47.5 Å². The van der Waals surface area contributed by atoms with Crippen LogP contribution in [0.3, 0.4) is 0 Å². The lowest BCUT2D eigenvalue weighted by Gasteiger charge is -2.16. The van der Waals surface area contributed by atoms with E-state index in [0.717, 1.165) is 50.0 Å². The number of fused-ring (bicyclic) bond motifs is 2. The summed E-state index contributed by atoms with van der Waals surface area (Å²) in [6, 6.07) is 0.866. The third kappa shape index (κ3) is 26.6. The average Bonchev–Trinajstić information content (AvgIpc) is 4.01. The van der Waals surface area contributed by atoms with Crippen molar-refractivity contribution in [2.24, 2.45) is 16.0 Å². The number of hydrogen-bond donors (Lipinski definition) is 7. The zero-order valence-corrected chi connectivity index (χ0v) is 36.6. The number of carbonyl (C=O) groups is 4. The van der Waals surface area contributed by atoms with Crippen molar-refractivity contribution in [2.75, 3.05) is 117 Å². The first-order valence-electron chi connectivity index (χ1n) is 20.8. The highest BCUT2D eigenvalue weighted by Gasteiger charge is 2.43. The fourth-order valence-corrected chi connectivity index (χ4v) is 9.44. The number of nitrogens with zero attached hydrogens (tertiary/aromatic N) is 6. The summed E-state index contributed by atoms with van der Waals surface area (Å²) in [5.74, 6) is 1.24. The van der Waals surface area contributed by atoms with Gasteiger partial charge in [-0.15, -0.1) is 0 Å². The summed E-state index contributed by atoms with van der Waals surface area (Å²) in [7, 11) is 0. The smallest absolute Gasteiger partial charge is 0.315 e. The van der Waals surface area contributed by atoms with Crippen molar-refractivity contribution in [3.63, 3.8) is 0 Å². The van der Waals surface area contributed by atoms with Gasteiger partial charge in [0.1, 0.15) is 0 Å². The van der Waals surface area contributed by atoms with Crippen molar-refractivity contribution in [1.82, 2.24) is 26.6 Å². The van der Waals surface area contributed by atoms with Crippen molar-refractivity contribution < 1.29 is 52.7 Å². The lowest BCUT2D eigenvalue weighted by atomic mass is 10.0. The largest absolute Gasteiger partial charge is 0.481 e. The van der Waals surface area contributed by atoms with Gasteiger partial charge in [-0.25, -0.2) is 9.59 Å². The second-order valence-electron chi connectivity index (χ2n) is 13.9. The lowest BCUT2D eigenvalue weighted by Crippen LogP contribution is -2.36. The minimum Gasteiger partial charge on any atom is -0.481 e. The van der Waals surface area contributed by atoms with Gasteiger partial charge in [0.05, 0.1) is 103 Å². The molecule has 0 saturated carbocycles. The Morgan fingerprint density at radius 1 is 0.656 bits per heavy atom. The molecule has 8 N–H and O–H groups in total. The number of nitrogens with two attached hydrogens (primary N) is 1. The Morgan fingerprint density at radius 2 is 1.08 bits per heavy atom. The molecule has 0 spiro atoms. The molecule has 0 unspecified atom stereocenters. The molecule has 4 aliphatic rings. The highest BCUT2D eigenvalue weighted by Crippen LogP contribution is 2.34. The Morgan fingerprint density at radius 3 is 1.52 bits per heavy atom. The van der Waals surface area contributed by atoms with E-state index in [1.54, 1.807) is 0 Å². The minimum absolute atomic E-state index is 0.0421. The third-order valence-corrected chi connectivity index (χ3v) is 12.3. The number of thioether (sulfide) groups is 2. The van der Waals surface area contributed by atoms with Gasteiger partial charge in [-0.2, -0.15) is 23.5 Å². The number of hydrogen-bond acceptors (Lipinski definition) is 15. The number of ether oxygens (including phenoxy) is 6. The molecule has 348 valence electrons. The summed E-state index contributed by atoms with van der Waals surface area (Å²) < 4.78 is 31.3. The van der Waals surface area contributed by atoms with Gasteiger partial charge in [-0.1, -0.05) is 23.1 Å². The first-order valence-corrected chi connectivity index (χ1v) is 22.9. The summed E-state index contributed by atoms with van der Waals surface area (Å²) in [5, 5.41) is 30.7. The fraction of sp³-hybridized carbons (Fsp3) is 0.889. The summed E-state index contributed by atoms with van der Waals surface area (Å²) in [4.78, 5) is 49.9. The van der Waals surface area contributed by atoms with Gasteiger partial charge in [0.15, 0.2) is 0 Å². The van der Waals surface area contributed by atoms with Gasteiger partial charge < -0.3 is 65.8 Å². The molecule has 4 saturated heterocycles. The van der Waals surface area contributed by atoms with Crippen LogP contribution >= 0.6 is 23.5 Å². The molecule has 0 aromatic rings. The van der Waals surface area contributed by atoms with Crippen LogP contribution in [0.25, 0.3) is 20.9 Å². The van der Waals surface area contributed by atoms with Gasteiger partial charge in [-0.05, 0) is 36.7 Å². The highest BCUT2D eigenvalue weighted by molar-refractivity contribution is 8.00. The van der Waals surface area contributed by atoms with E-state index in [9.17, 15) is 19.2 Å². The van der Waals surface area contributed by atoms with Crippen molar-refractivity contribution in [2.45, 2.75) is 86.0 Å². The van der Waals surface area contributed by atoms with Gasteiger partial charge in [0.25, 0.3) is 0 Å². The Bertz CT molecular complexity index is 1340. The van der Waals surface area contributed by atoms with E-state index >= 15 is 0 Å². The normalized spacial score (nSPS) is 21.7. The fourth-order valence-electron chi connectivity index (χ4n) is 6.36. The van der Waals surface area contributed by atoms with E-state index in [4.69, 9.17) is 50.3 Å². The van der Waals surface area contributed by atoms with Crippen LogP contribution in [0.5, 0.6) is 0 Å². The third-order valence-electron chi connectivity index (χ3n) is 9.26. The molecule has 0 aliphatic carbocycles. The predicted octanol–water partition coefficient (Wildman–Crippen LogP) is 2.29. The lowest BCUT2D eigenvalue weighted by molar-refractivity contribution is -0.137. The Labute approximate surface area is 365 Å². The molecule has 4 heterocycles. The van der Waals surface area contributed by atoms with Gasteiger partial charge in [-0.3, -0.25) is 9.59 Å². The number of urea groups is 2. The van der Waals surface area contributed by atoms with Gasteiger partial charge >= 0.3 is 18.0 Å². The van der Waals surface area contributed by atoms with Gasteiger partial charge in [0, 0.05) is 70.8 Å². The van der Waals surface area contributed by atoms with Crippen molar-refractivity contribution in [1.29, 1.82) is 0 Å². The van der Waals surface area contributed by atoms with Crippen LogP contribution in [0.15, 0.2) is 10.2 Å². The molecule has 0 aromatic carbocycles. The standard InChI is InChI=1S/C18H32N6O5S.C10H16N2O3S.C8H18N4O3/c19-24-21-6-8-28-10-12-29-11-9-27-7-5-20-16(25)4-2-1-3-15-17-14(13-30-15)22-18(26)23-17;13-8(14)4-2-1-3-7-9-6(5-16-7)11-10(15)12-9;9-1-3-13-5-7-15-8-6-14-4-2-11-12-10/h14-15,17H,1-13H2,(H,20,25)(H2,22,23,26);6-7,9H,1-5H2,(H,13,14)(H2,11,12,15);1-9H2/t14-,15-,17-;6-,7-,9-;/m00./s1. The summed E-state index contributed by atoms with van der Waals surface area (Å²) in [6.45, 7) is 7.46. The molecule has 61 heavy (non-hydrogen) atoms. The Kier molecular flexibility index (Phi) is 31.7. The van der Waals surface area contributed by atoms with Crippen LogP contribution in [0.2, 0.25) is 0 Å². The predicted molar refractivity (Wildman–Crippen MR) is 231 cm³/mol. The van der Waals surface area contributed by atoms with E-state index in [0.29, 0.717) is 122 Å². The maximum atomic E-state index is 11.9. The first-order chi connectivity index (χ1) is 29.8. The monoisotopic (exact) mass is 906 g/mol. The molecule has 6 atom stereocenters. The van der Waals surface area contributed by atoms with E-state index in [1.807, 2.05) is 23.5 Å². The zero-order valence-electron chi connectivity index (χ0n) is 35.0. The SMILES string of the molecule is O=C(O)CCCC[C@@H]1SC[C@@H]2NC(=O)N[C@@H]21.[N-]=[N+]=NCCOCCOCCOCCN.[N-]=[N+]=NCCOCCOCCOCCNC(=O)CCCC[C@@H]1SC[C@@H]2NC(=O)N[C@@H]21. The number of nitrogens with one attached hydrogen (secondary N) is 5. The number of unbranched alkanes of at least 4 members (excludes halogenated alkanes) is 2. The first kappa shape index (κ1) is 53.7. The van der Waals surface area contributed by atoms with Crippen LogP contribution in [-0.4, -0.2) is 181 Å². The van der Waals surface area contributed by atoms with Crippen molar-refractivity contribution in [3.8, 4) is 0 Å². The van der Waals surface area contributed by atoms with E-state index in [2.05, 4.69) is 46.6 Å². The number of rotatable bonds is 33. The van der Waals surface area contributed by atoms with Crippen LogP contribution < -0.4 is 32.3 Å². The van der Waals surface area contributed by atoms with E-state index in [1.165, 1.54) is 0 Å². The van der Waals surface area contributed by atoms with Crippen LogP contribution in [0.4, 0.5) is 9.59 Å². The summed E-state index contributed by atoms with van der Waals surface area (Å²) in [5.41, 5.74) is 21.3. The number of amides is 5. The average molecular weight is 907 g/mol. The number of carboxylic acid groups (broad SMARTS) is 1. The molecule has 5 amide bonds. The van der Waals surface area contributed by atoms with Crippen LogP contribution in [0.1, 0.15) is 51.4 Å². The quantitative estimate of drug-likeness (QED) is 0.0163. The van der Waals surface area contributed by atoms with E-state index < -0.39 is 5.97 Å². The number of carbonyl (C=O) groups excluding carboxylic acids is 3. The van der Waals surface area contributed by atoms with Gasteiger partial charge in [0.2, 0.25) is 5.91 Å². The molecule has 23 nitrogen and oxygen atoms in total. The topological polar surface area (TPSA) is 328 Å². The molecular weight excluding hydrogens is 841 g/mol. The molecule has 25 heteroatoms. The molecule has 0 aromatic heterocycles. The number of aliphatic carboxylic acids is 1. The second kappa shape index (κ2) is 36.0. The highest BCUT2D eigenvalue weighted by atomic mass is 32.2. The molecule has 0 bridgehead atoms. The molecular formula is C36H66N12O11S2. The maximum absolute atomic E-state index is 11.9. The number of carboxylic acids is 1. The summed E-state index contributed by atoms with van der Waals surface area (Å²) >= 11 is 3.77. The van der Waals surface area contributed by atoms with Crippen LogP contribution in [0, 0.1) is 0 Å². The number of azide groups is 2. The Balaban J connectivity index is 0.000000348. The zero-order chi connectivity index (χ0) is 44.2. The molecule has 4 aliphatic heterocycles. The van der Waals surface area contributed by atoms with E-state index in [-0.39, 0.29) is 48.6 Å². The maximum Gasteiger partial charge on any atom is 0.315 e. The molecule has 4 fully saturated rings. The summed E-state index contributed by atoms with van der Waals surface area (Å²) in [6.07, 6.45) is 6.24.